The highest BCUT2D eigenvalue weighted by molar-refractivity contribution is 7.13. The number of nitrogens with one attached hydrogen (secondary N) is 2. The van der Waals surface area contributed by atoms with Crippen molar-refractivity contribution in [2.75, 3.05) is 5.32 Å². The second-order valence-electron chi connectivity index (χ2n) is 2.05. The topological polar surface area (TPSA) is 43.2 Å². The molecule has 0 unspecified atom stereocenters. The van der Waals surface area contributed by atoms with Gasteiger partial charge in [-0.2, -0.15) is 0 Å². The smallest absolute Gasteiger partial charge is 0.247 e. The molecule has 0 saturated carbocycles. The van der Waals surface area contributed by atoms with Crippen molar-refractivity contribution in [3.8, 4) is 0 Å². The minimum atomic E-state index is -0.0434. The van der Waals surface area contributed by atoms with Gasteiger partial charge in [0.05, 0.1) is 0 Å². The summed E-state index contributed by atoms with van der Waals surface area (Å²) in [5, 5.41) is 5.40. The van der Waals surface area contributed by atoms with E-state index in [1.165, 1.54) is 18.3 Å². The summed E-state index contributed by atoms with van der Waals surface area (Å²) in [6.07, 6.45) is 0. The Balaban J connectivity index is 2.67. The van der Waals surface area contributed by atoms with Crippen LogP contribution in [0.5, 0.6) is 0 Å². The van der Waals surface area contributed by atoms with Gasteiger partial charge < -0.3 is 0 Å². The second-order valence-corrected chi connectivity index (χ2v) is 2.93. The Kier molecular flexibility index (Phi) is 2.01. The number of rotatable bonds is 1. The fourth-order valence-electron chi connectivity index (χ4n) is 0.606. The molecule has 0 radical (unpaired) electrons. The predicted molar refractivity (Wildman–Crippen MR) is 39.9 cm³/mol. The van der Waals surface area contributed by atoms with Gasteiger partial charge in [-0.3, -0.25) is 0 Å². The number of H-pyrrole nitrogens is 1. The average Bonchev–Trinajstić information content (AvgIpc) is 2.13. The lowest BCUT2D eigenvalue weighted by atomic mass is 10.6. The Hall–Kier alpha value is -0.900. The van der Waals surface area contributed by atoms with Crippen molar-refractivity contribution in [1.82, 2.24) is 0 Å². The van der Waals surface area contributed by atoms with E-state index in [4.69, 9.17) is 0 Å². The first-order valence-electron chi connectivity index (χ1n) is 2.93. The van der Waals surface area contributed by atoms with E-state index in [-0.39, 0.29) is 5.91 Å². The van der Waals surface area contributed by atoms with Crippen molar-refractivity contribution >= 4 is 22.4 Å². The largest absolute Gasteiger partial charge is 0.339 e. The molecule has 0 aliphatic rings. The molecule has 1 rings (SSSR count). The Morgan fingerprint density at radius 3 is 2.90 bits per heavy atom. The lowest BCUT2D eigenvalue weighted by molar-refractivity contribution is -0.364. The molecule has 0 aliphatic heterocycles. The molecule has 10 heavy (non-hydrogen) atoms. The first-order chi connectivity index (χ1) is 4.68. The van der Waals surface area contributed by atoms with E-state index in [1.54, 1.807) is 0 Å². The Morgan fingerprint density at radius 1 is 1.80 bits per heavy atom. The van der Waals surface area contributed by atoms with Crippen LogP contribution in [0.3, 0.4) is 0 Å². The molecule has 0 saturated heterocycles. The number of carbonyl (C=O) groups excluding carboxylic acids is 1. The van der Waals surface area contributed by atoms with Gasteiger partial charge in [-0.25, -0.2) is 15.1 Å². The Bertz CT molecular complexity index is 244. The van der Waals surface area contributed by atoms with Crippen LogP contribution in [0.4, 0.5) is 5.13 Å². The molecule has 3 nitrogen and oxygen atoms in total. The summed E-state index contributed by atoms with van der Waals surface area (Å²) in [7, 11) is 0. The number of aromatic nitrogens is 1. The number of hydrogen-bond donors (Lipinski definition) is 1. The molecular weight excluding hydrogens is 148 g/mol. The van der Waals surface area contributed by atoms with E-state index >= 15 is 0 Å². The SMILES string of the molecule is CC(=O)Nc1[nH+]c(C)cs1. The van der Waals surface area contributed by atoms with Crippen LogP contribution in [-0.4, -0.2) is 5.91 Å². The van der Waals surface area contributed by atoms with Gasteiger partial charge in [0, 0.05) is 12.3 Å². The zero-order chi connectivity index (χ0) is 7.56. The molecule has 4 heteroatoms. The standard InChI is InChI=1S/C6H8N2OS/c1-4-3-10-6(7-4)8-5(2)9/h3H,1-2H3,(H,7,8,9)/p+1. The minimum absolute atomic E-state index is 0.0434. The third-order valence-corrected chi connectivity index (χ3v) is 1.87. The number of aromatic amines is 1. The highest BCUT2D eigenvalue weighted by atomic mass is 32.1. The maximum Gasteiger partial charge on any atom is 0.339 e. The van der Waals surface area contributed by atoms with E-state index in [1.807, 2.05) is 12.3 Å². The summed E-state index contributed by atoms with van der Waals surface area (Å²) in [6.45, 7) is 3.44. The molecule has 1 aromatic heterocycles. The summed E-state index contributed by atoms with van der Waals surface area (Å²) in [5.74, 6) is -0.0434. The molecule has 0 fully saturated rings. The number of carbonyl (C=O) groups is 1. The Labute approximate surface area is 63.1 Å². The first-order valence-corrected chi connectivity index (χ1v) is 3.81. The monoisotopic (exact) mass is 157 g/mol. The highest BCUT2D eigenvalue weighted by Gasteiger charge is 2.05. The van der Waals surface area contributed by atoms with Crippen LogP contribution in [0.25, 0.3) is 0 Å². The number of aryl methyl sites for hydroxylation is 1. The highest BCUT2D eigenvalue weighted by Crippen LogP contribution is 2.08. The van der Waals surface area contributed by atoms with Crippen molar-refractivity contribution in [1.29, 1.82) is 0 Å². The maximum absolute atomic E-state index is 10.5. The number of hydrogen-bond acceptors (Lipinski definition) is 2. The van der Waals surface area contributed by atoms with E-state index in [9.17, 15) is 4.79 Å². The van der Waals surface area contributed by atoms with Crippen LogP contribution in [0.1, 0.15) is 12.6 Å². The fraction of sp³-hybridized carbons (Fsp3) is 0.333. The van der Waals surface area contributed by atoms with Crippen LogP contribution >= 0.6 is 11.3 Å². The van der Waals surface area contributed by atoms with Crippen LogP contribution < -0.4 is 10.3 Å². The normalized spacial score (nSPS) is 9.40. The summed E-state index contributed by atoms with van der Waals surface area (Å²) in [6, 6.07) is 0. The molecular formula is C6H9N2OS+. The third-order valence-electron chi connectivity index (χ3n) is 0.954. The molecule has 0 aliphatic carbocycles. The minimum Gasteiger partial charge on any atom is -0.247 e. The maximum atomic E-state index is 10.5. The third kappa shape index (κ3) is 1.80. The average molecular weight is 157 g/mol. The zero-order valence-corrected chi connectivity index (χ0v) is 6.71. The van der Waals surface area contributed by atoms with E-state index in [0.717, 1.165) is 10.8 Å². The van der Waals surface area contributed by atoms with Crippen molar-refractivity contribution in [3.63, 3.8) is 0 Å². The van der Waals surface area contributed by atoms with Gasteiger partial charge in [0.1, 0.15) is 5.69 Å². The molecule has 1 amide bonds. The molecule has 1 aromatic rings. The van der Waals surface area contributed by atoms with Crippen LogP contribution in [0.15, 0.2) is 5.38 Å². The molecule has 0 spiro atoms. The van der Waals surface area contributed by atoms with Crippen molar-refractivity contribution in [2.45, 2.75) is 13.8 Å². The Morgan fingerprint density at radius 2 is 2.50 bits per heavy atom. The molecule has 1 heterocycles. The van der Waals surface area contributed by atoms with Gasteiger partial charge in [-0.15, -0.1) is 0 Å². The molecule has 0 bridgehead atoms. The number of amides is 1. The lowest BCUT2D eigenvalue weighted by Gasteiger charge is -1.82. The quantitative estimate of drug-likeness (QED) is 0.644. The second kappa shape index (κ2) is 2.79. The van der Waals surface area contributed by atoms with Crippen molar-refractivity contribution in [3.05, 3.63) is 11.1 Å². The van der Waals surface area contributed by atoms with Gasteiger partial charge in [-0.05, 0) is 6.92 Å². The van der Waals surface area contributed by atoms with E-state index < -0.39 is 0 Å². The van der Waals surface area contributed by atoms with Crippen molar-refractivity contribution in [2.24, 2.45) is 0 Å². The number of thiazole rings is 1. The van der Waals surface area contributed by atoms with Gasteiger partial charge in [0.2, 0.25) is 0 Å². The van der Waals surface area contributed by atoms with E-state index in [0.29, 0.717) is 0 Å². The predicted octanol–water partition coefficient (Wildman–Crippen LogP) is 0.829. The van der Waals surface area contributed by atoms with Gasteiger partial charge in [0.25, 0.3) is 0 Å². The first kappa shape index (κ1) is 7.21. The summed E-state index contributed by atoms with van der Waals surface area (Å²) in [5.41, 5.74) is 1.06. The molecule has 0 aromatic carbocycles. The number of anilines is 1. The summed E-state index contributed by atoms with van der Waals surface area (Å²) < 4.78 is 0. The fourth-order valence-corrected chi connectivity index (χ4v) is 1.38. The molecule has 54 valence electrons. The van der Waals surface area contributed by atoms with E-state index in [2.05, 4.69) is 10.3 Å². The van der Waals surface area contributed by atoms with Gasteiger partial charge in [0.15, 0.2) is 0 Å². The van der Waals surface area contributed by atoms with Gasteiger partial charge in [-0.1, -0.05) is 11.3 Å². The lowest BCUT2D eigenvalue weighted by Crippen LogP contribution is -2.14. The molecule has 2 N–H and O–H groups in total. The summed E-state index contributed by atoms with van der Waals surface area (Å²) >= 11 is 1.49. The van der Waals surface area contributed by atoms with Crippen LogP contribution in [-0.2, 0) is 4.79 Å². The van der Waals surface area contributed by atoms with Crippen LogP contribution in [0, 0.1) is 6.92 Å². The summed E-state index contributed by atoms with van der Waals surface area (Å²) in [4.78, 5) is 13.5. The van der Waals surface area contributed by atoms with Crippen LogP contribution in [0.2, 0.25) is 0 Å². The van der Waals surface area contributed by atoms with Crippen molar-refractivity contribution < 1.29 is 9.78 Å². The zero-order valence-electron chi connectivity index (χ0n) is 5.89. The molecule has 0 atom stereocenters. The van der Waals surface area contributed by atoms with Gasteiger partial charge >= 0.3 is 11.0 Å².